The second-order valence-electron chi connectivity index (χ2n) is 10.2. The third-order valence-corrected chi connectivity index (χ3v) is 6.97. The van der Waals surface area contributed by atoms with E-state index in [2.05, 4.69) is 31.4 Å². The van der Waals surface area contributed by atoms with Gasteiger partial charge in [-0.15, -0.1) is 0 Å². The Balaban J connectivity index is 1.36. The van der Waals surface area contributed by atoms with Gasteiger partial charge in [-0.05, 0) is 81.0 Å². The van der Waals surface area contributed by atoms with E-state index in [1.165, 1.54) is 44.9 Å². The number of rotatable bonds is 9. The van der Waals surface area contributed by atoms with Gasteiger partial charge in [0.1, 0.15) is 0 Å². The highest BCUT2D eigenvalue weighted by atomic mass is 16.2. The fourth-order valence-electron chi connectivity index (χ4n) is 6.32. The summed E-state index contributed by atoms with van der Waals surface area (Å²) in [7, 11) is 0. The third-order valence-electron chi connectivity index (χ3n) is 6.97. The Hall–Kier alpha value is -1.06. The third kappa shape index (κ3) is 5.23. The minimum atomic E-state index is -0.0547. The summed E-state index contributed by atoms with van der Waals surface area (Å²) in [6.07, 6.45) is 11.9. The Bertz CT molecular complexity index is 479. The molecule has 4 aliphatic carbocycles. The summed E-state index contributed by atoms with van der Waals surface area (Å²) >= 11 is 0. The molecule has 0 radical (unpaired) electrons. The Morgan fingerprint density at radius 1 is 0.923 bits per heavy atom. The van der Waals surface area contributed by atoms with Crippen LogP contribution in [-0.4, -0.2) is 24.4 Å². The van der Waals surface area contributed by atoms with Crippen molar-refractivity contribution in [2.75, 3.05) is 6.54 Å². The predicted octanol–water partition coefficient (Wildman–Crippen LogP) is 4.04. The molecule has 0 aromatic carbocycles. The van der Waals surface area contributed by atoms with E-state index in [0.29, 0.717) is 12.3 Å². The van der Waals surface area contributed by atoms with Gasteiger partial charge >= 0.3 is 0 Å². The number of nitrogens with one attached hydrogen (secondary N) is 2. The molecule has 4 nitrogen and oxygen atoms in total. The first-order valence-corrected chi connectivity index (χ1v) is 10.9. The standard InChI is InChI=1S/C22H38N2O2/c1-15(2)5-4-6-16(3)24-21(26)14-23-20(25)13-22-10-17-7-18(11-22)9-19(8-17)12-22/h15-19H,4-14H2,1-3H3,(H,23,25)(H,24,26). The lowest BCUT2D eigenvalue weighted by atomic mass is 9.49. The molecule has 0 aromatic rings. The molecular weight excluding hydrogens is 324 g/mol. The van der Waals surface area contributed by atoms with Crippen LogP contribution in [0.1, 0.15) is 85.0 Å². The molecule has 0 saturated heterocycles. The maximum absolute atomic E-state index is 12.5. The number of carbonyl (C=O) groups is 2. The first kappa shape index (κ1) is 19.7. The van der Waals surface area contributed by atoms with Crippen LogP contribution in [0.15, 0.2) is 0 Å². The lowest BCUT2D eigenvalue weighted by Gasteiger charge is -2.56. The van der Waals surface area contributed by atoms with E-state index in [-0.39, 0.29) is 29.8 Å². The molecule has 2 N–H and O–H groups in total. The van der Waals surface area contributed by atoms with E-state index < -0.39 is 0 Å². The van der Waals surface area contributed by atoms with Crippen LogP contribution in [0.4, 0.5) is 0 Å². The summed E-state index contributed by atoms with van der Waals surface area (Å²) in [5, 5.41) is 5.90. The molecule has 0 heterocycles. The molecule has 4 heteroatoms. The molecular formula is C22H38N2O2. The van der Waals surface area contributed by atoms with Crippen LogP contribution in [0.2, 0.25) is 0 Å². The maximum Gasteiger partial charge on any atom is 0.239 e. The van der Waals surface area contributed by atoms with Gasteiger partial charge in [-0.1, -0.05) is 26.7 Å². The largest absolute Gasteiger partial charge is 0.352 e. The molecule has 4 fully saturated rings. The summed E-state index contributed by atoms with van der Waals surface area (Å²) in [6, 6.07) is 0.182. The first-order chi connectivity index (χ1) is 12.3. The minimum Gasteiger partial charge on any atom is -0.352 e. The lowest BCUT2D eigenvalue weighted by molar-refractivity contribution is -0.132. The molecule has 4 saturated carbocycles. The van der Waals surface area contributed by atoms with Crippen LogP contribution >= 0.6 is 0 Å². The van der Waals surface area contributed by atoms with Crippen molar-refractivity contribution < 1.29 is 9.59 Å². The van der Waals surface area contributed by atoms with Crippen molar-refractivity contribution in [1.29, 1.82) is 0 Å². The molecule has 4 bridgehead atoms. The highest BCUT2D eigenvalue weighted by Gasteiger charge is 2.51. The van der Waals surface area contributed by atoms with Crippen molar-refractivity contribution in [2.45, 2.75) is 91.0 Å². The molecule has 0 spiro atoms. The second kappa shape index (κ2) is 8.31. The molecule has 0 aliphatic heterocycles. The lowest BCUT2D eigenvalue weighted by Crippen LogP contribution is -2.48. The van der Waals surface area contributed by atoms with Crippen molar-refractivity contribution in [2.24, 2.45) is 29.1 Å². The maximum atomic E-state index is 12.5. The van der Waals surface area contributed by atoms with Crippen LogP contribution < -0.4 is 10.6 Å². The normalized spacial score (nSPS) is 33.3. The average Bonchev–Trinajstić information content (AvgIpc) is 2.50. The van der Waals surface area contributed by atoms with Gasteiger partial charge in [-0.25, -0.2) is 0 Å². The Morgan fingerprint density at radius 3 is 2.04 bits per heavy atom. The summed E-state index contributed by atoms with van der Waals surface area (Å²) in [5.41, 5.74) is 0.249. The SMILES string of the molecule is CC(C)CCCC(C)NC(=O)CNC(=O)CC12CC3CC(CC(C3)C1)C2. The summed E-state index contributed by atoms with van der Waals surface area (Å²) in [5.74, 6) is 3.33. The van der Waals surface area contributed by atoms with Crippen molar-refractivity contribution in [3.05, 3.63) is 0 Å². The van der Waals surface area contributed by atoms with Crippen LogP contribution in [0.3, 0.4) is 0 Å². The number of carbonyl (C=O) groups excluding carboxylic acids is 2. The van der Waals surface area contributed by atoms with Crippen LogP contribution in [-0.2, 0) is 9.59 Å². The molecule has 1 unspecified atom stereocenters. The summed E-state index contributed by atoms with van der Waals surface area (Å²) in [6.45, 7) is 6.63. The molecule has 26 heavy (non-hydrogen) atoms. The summed E-state index contributed by atoms with van der Waals surface area (Å²) in [4.78, 5) is 24.6. The highest BCUT2D eigenvalue weighted by Crippen LogP contribution is 2.61. The van der Waals surface area contributed by atoms with Crippen molar-refractivity contribution >= 4 is 11.8 Å². The second-order valence-corrected chi connectivity index (χ2v) is 10.2. The van der Waals surface area contributed by atoms with E-state index in [4.69, 9.17) is 0 Å². The van der Waals surface area contributed by atoms with E-state index in [9.17, 15) is 9.59 Å². The molecule has 4 aliphatic rings. The van der Waals surface area contributed by atoms with Gasteiger partial charge in [0.15, 0.2) is 0 Å². The highest BCUT2D eigenvalue weighted by molar-refractivity contribution is 5.85. The van der Waals surface area contributed by atoms with Gasteiger partial charge < -0.3 is 10.6 Å². The fourth-order valence-corrected chi connectivity index (χ4v) is 6.32. The Kier molecular flexibility index (Phi) is 6.29. The molecule has 4 rings (SSSR count). The number of hydrogen-bond donors (Lipinski definition) is 2. The quantitative estimate of drug-likeness (QED) is 0.650. The van der Waals surface area contributed by atoms with E-state index in [0.717, 1.165) is 30.6 Å². The summed E-state index contributed by atoms with van der Waals surface area (Å²) < 4.78 is 0. The van der Waals surface area contributed by atoms with Crippen LogP contribution in [0, 0.1) is 29.1 Å². The average molecular weight is 363 g/mol. The van der Waals surface area contributed by atoms with Crippen molar-refractivity contribution in [3.8, 4) is 0 Å². The number of amides is 2. The molecule has 148 valence electrons. The van der Waals surface area contributed by atoms with Gasteiger partial charge in [0.05, 0.1) is 6.54 Å². The van der Waals surface area contributed by atoms with Crippen LogP contribution in [0.25, 0.3) is 0 Å². The van der Waals surface area contributed by atoms with Gasteiger partial charge in [0.25, 0.3) is 0 Å². The number of hydrogen-bond acceptors (Lipinski definition) is 2. The zero-order valence-electron chi connectivity index (χ0n) is 17.0. The van der Waals surface area contributed by atoms with Gasteiger partial charge in [0, 0.05) is 12.5 Å². The first-order valence-electron chi connectivity index (χ1n) is 10.9. The smallest absolute Gasteiger partial charge is 0.239 e. The molecule has 0 aromatic heterocycles. The predicted molar refractivity (Wildman–Crippen MR) is 105 cm³/mol. The van der Waals surface area contributed by atoms with E-state index in [1.54, 1.807) is 0 Å². The Labute approximate surface area is 159 Å². The van der Waals surface area contributed by atoms with E-state index >= 15 is 0 Å². The topological polar surface area (TPSA) is 58.2 Å². The van der Waals surface area contributed by atoms with Crippen molar-refractivity contribution in [3.63, 3.8) is 0 Å². The zero-order chi connectivity index (χ0) is 18.7. The molecule has 2 amide bonds. The van der Waals surface area contributed by atoms with Crippen LogP contribution in [0.5, 0.6) is 0 Å². The molecule has 1 atom stereocenters. The van der Waals surface area contributed by atoms with Gasteiger partial charge in [-0.3, -0.25) is 9.59 Å². The van der Waals surface area contributed by atoms with E-state index in [1.807, 2.05) is 0 Å². The minimum absolute atomic E-state index is 0.0547. The van der Waals surface area contributed by atoms with Gasteiger partial charge in [-0.2, -0.15) is 0 Å². The zero-order valence-corrected chi connectivity index (χ0v) is 17.0. The van der Waals surface area contributed by atoms with Gasteiger partial charge in [0.2, 0.25) is 11.8 Å². The fraction of sp³-hybridized carbons (Fsp3) is 0.909. The Morgan fingerprint density at radius 2 is 1.50 bits per heavy atom. The monoisotopic (exact) mass is 362 g/mol. The van der Waals surface area contributed by atoms with Crippen molar-refractivity contribution in [1.82, 2.24) is 10.6 Å².